The molecule has 17 heavy (non-hydrogen) atoms. The van der Waals surface area contributed by atoms with Crippen molar-refractivity contribution in [3.05, 3.63) is 36.4 Å². The van der Waals surface area contributed by atoms with Gasteiger partial charge in [-0.2, -0.15) is 8.42 Å². The Labute approximate surface area is 100 Å². The van der Waals surface area contributed by atoms with Gasteiger partial charge in [-0.1, -0.05) is 12.1 Å². The molecule has 1 N–H and O–H groups in total. The summed E-state index contributed by atoms with van der Waals surface area (Å²) in [5.74, 6) is 0. The molecule has 2 aromatic carbocycles. The number of fused-ring (bicyclic) bond motifs is 1. The maximum atomic E-state index is 10.9. The van der Waals surface area contributed by atoms with E-state index in [1.165, 1.54) is 36.4 Å². The van der Waals surface area contributed by atoms with Gasteiger partial charge in [-0.15, -0.1) is 0 Å². The van der Waals surface area contributed by atoms with Gasteiger partial charge in [-0.25, -0.2) is 0 Å². The predicted octanol–water partition coefficient (Wildman–Crippen LogP) is 1.32. The third kappa shape index (κ3) is 2.52. The Morgan fingerprint density at radius 1 is 1.06 bits per heavy atom. The van der Waals surface area contributed by atoms with Gasteiger partial charge in [0.25, 0.3) is 10.1 Å². The Hall–Kier alpha value is -1.28. The standard InChI is InChI=1S/C10H8O5S2/c11-16(12)9-3-1-8-6-10(17(13,14)15)4-2-7(8)5-9/h1-6H,(H,11,12)(H,13,14,15)/p-1. The fourth-order valence-corrected chi connectivity index (χ4v) is 2.38. The number of benzene rings is 2. The highest BCUT2D eigenvalue weighted by Gasteiger charge is 2.09. The van der Waals surface area contributed by atoms with Crippen LogP contribution in [0.15, 0.2) is 46.2 Å². The molecule has 0 aliphatic carbocycles. The van der Waals surface area contributed by atoms with Crippen LogP contribution in [0.5, 0.6) is 0 Å². The van der Waals surface area contributed by atoms with Crippen LogP contribution >= 0.6 is 0 Å². The van der Waals surface area contributed by atoms with Crippen molar-refractivity contribution in [1.82, 2.24) is 0 Å². The van der Waals surface area contributed by atoms with Crippen LogP contribution in [0, 0.1) is 0 Å². The van der Waals surface area contributed by atoms with Crippen LogP contribution in [0.4, 0.5) is 0 Å². The molecule has 1 unspecified atom stereocenters. The first-order chi connectivity index (χ1) is 7.88. The molecular weight excluding hydrogens is 264 g/mol. The molecule has 1 atom stereocenters. The minimum Gasteiger partial charge on any atom is -0.768 e. The minimum atomic E-state index is -4.24. The van der Waals surface area contributed by atoms with Crippen molar-refractivity contribution in [2.45, 2.75) is 9.79 Å². The molecule has 0 saturated heterocycles. The smallest absolute Gasteiger partial charge is 0.294 e. The summed E-state index contributed by atoms with van der Waals surface area (Å²) in [6.45, 7) is 0. The number of hydrogen-bond acceptors (Lipinski definition) is 4. The second kappa shape index (κ2) is 4.19. The zero-order chi connectivity index (χ0) is 12.6. The molecule has 0 bridgehead atoms. The normalized spacial score (nSPS) is 13.8. The molecule has 2 rings (SSSR count). The quantitative estimate of drug-likeness (QED) is 0.656. The van der Waals surface area contributed by atoms with E-state index in [9.17, 15) is 17.2 Å². The minimum absolute atomic E-state index is 0.122. The Balaban J connectivity index is 2.66. The van der Waals surface area contributed by atoms with Gasteiger partial charge in [0.15, 0.2) is 0 Å². The molecule has 0 aliphatic rings. The van der Waals surface area contributed by atoms with E-state index in [1.807, 2.05) is 0 Å². The first kappa shape index (κ1) is 12.2. The second-order valence-electron chi connectivity index (χ2n) is 3.38. The lowest BCUT2D eigenvalue weighted by Crippen LogP contribution is -1.97. The average Bonchev–Trinajstić information content (AvgIpc) is 2.26. The van der Waals surface area contributed by atoms with E-state index >= 15 is 0 Å². The van der Waals surface area contributed by atoms with Gasteiger partial charge in [0.05, 0.1) is 4.90 Å². The summed E-state index contributed by atoms with van der Waals surface area (Å²) in [6, 6.07) is 8.20. The molecule has 0 saturated carbocycles. The van der Waals surface area contributed by atoms with Crippen molar-refractivity contribution >= 4 is 32.0 Å². The Bertz CT molecular complexity index is 706. The third-order valence-corrected chi connectivity index (χ3v) is 3.76. The molecule has 0 aliphatic heterocycles. The van der Waals surface area contributed by atoms with Gasteiger partial charge in [-0.05, 0) is 46.1 Å². The highest BCUT2D eigenvalue weighted by atomic mass is 32.2. The van der Waals surface area contributed by atoms with E-state index in [-0.39, 0.29) is 9.79 Å². The summed E-state index contributed by atoms with van der Waals surface area (Å²) in [5.41, 5.74) is 0. The summed E-state index contributed by atoms with van der Waals surface area (Å²) in [4.78, 5) is -0.0990. The zero-order valence-corrected chi connectivity index (χ0v) is 9.99. The van der Waals surface area contributed by atoms with Crippen LogP contribution in [0.3, 0.4) is 0 Å². The first-order valence-electron chi connectivity index (χ1n) is 4.48. The predicted molar refractivity (Wildman–Crippen MR) is 60.9 cm³/mol. The van der Waals surface area contributed by atoms with Gasteiger partial charge < -0.3 is 4.55 Å². The van der Waals surface area contributed by atoms with Crippen LogP contribution in [-0.2, 0) is 21.2 Å². The van der Waals surface area contributed by atoms with Crippen molar-refractivity contribution < 1.29 is 21.7 Å². The van der Waals surface area contributed by atoms with Crippen molar-refractivity contribution in [3.63, 3.8) is 0 Å². The summed E-state index contributed by atoms with van der Waals surface area (Å²) in [7, 11) is -4.24. The SMILES string of the molecule is O=S([O-])c1ccc2cc(S(=O)(=O)O)ccc2c1. The van der Waals surface area contributed by atoms with Crippen molar-refractivity contribution in [2.75, 3.05) is 0 Å². The summed E-state index contributed by atoms with van der Waals surface area (Å²) in [5, 5.41) is 1.12. The van der Waals surface area contributed by atoms with Crippen LogP contribution in [-0.4, -0.2) is 21.7 Å². The van der Waals surface area contributed by atoms with Crippen molar-refractivity contribution in [1.29, 1.82) is 0 Å². The van der Waals surface area contributed by atoms with E-state index in [4.69, 9.17) is 4.55 Å². The molecule has 0 heterocycles. The highest BCUT2D eigenvalue weighted by Crippen LogP contribution is 2.21. The van der Waals surface area contributed by atoms with Gasteiger partial charge in [-0.3, -0.25) is 8.76 Å². The maximum absolute atomic E-state index is 10.9. The molecule has 2 aromatic rings. The van der Waals surface area contributed by atoms with Gasteiger partial charge in [0.2, 0.25) is 0 Å². The molecule has 0 radical (unpaired) electrons. The molecule has 5 nitrogen and oxygen atoms in total. The van der Waals surface area contributed by atoms with Crippen molar-refractivity contribution in [3.8, 4) is 0 Å². The molecule has 0 aromatic heterocycles. The van der Waals surface area contributed by atoms with E-state index in [1.54, 1.807) is 0 Å². The maximum Gasteiger partial charge on any atom is 0.294 e. The summed E-state index contributed by atoms with van der Waals surface area (Å²) in [6.07, 6.45) is 0. The van der Waals surface area contributed by atoms with Gasteiger partial charge in [0, 0.05) is 4.90 Å². The number of hydrogen-bond donors (Lipinski definition) is 1. The molecule has 0 fully saturated rings. The third-order valence-electron chi connectivity index (χ3n) is 2.27. The van der Waals surface area contributed by atoms with Crippen LogP contribution < -0.4 is 0 Å². The highest BCUT2D eigenvalue weighted by molar-refractivity contribution is 7.85. The zero-order valence-electron chi connectivity index (χ0n) is 8.36. The van der Waals surface area contributed by atoms with Crippen LogP contribution in [0.1, 0.15) is 0 Å². The lowest BCUT2D eigenvalue weighted by atomic mass is 10.1. The Morgan fingerprint density at radius 2 is 1.65 bits per heavy atom. The fraction of sp³-hybridized carbons (Fsp3) is 0. The first-order valence-corrected chi connectivity index (χ1v) is 7.00. The van der Waals surface area contributed by atoms with E-state index in [0.717, 1.165) is 0 Å². The molecular formula is C10H7O5S2-. The largest absolute Gasteiger partial charge is 0.768 e. The topological polar surface area (TPSA) is 94.5 Å². The number of rotatable bonds is 2. The van der Waals surface area contributed by atoms with E-state index in [2.05, 4.69) is 0 Å². The Morgan fingerprint density at radius 3 is 2.24 bits per heavy atom. The van der Waals surface area contributed by atoms with Crippen LogP contribution in [0.2, 0.25) is 0 Å². The molecule has 0 spiro atoms. The van der Waals surface area contributed by atoms with Crippen molar-refractivity contribution in [2.24, 2.45) is 0 Å². The summed E-state index contributed by atoms with van der Waals surface area (Å²) >= 11 is -2.33. The van der Waals surface area contributed by atoms with E-state index < -0.39 is 21.2 Å². The summed E-state index contributed by atoms with van der Waals surface area (Å²) < 4.78 is 52.2. The Kier molecular flexibility index (Phi) is 3.00. The molecule has 90 valence electrons. The second-order valence-corrected chi connectivity index (χ2v) is 5.74. The monoisotopic (exact) mass is 271 g/mol. The molecule has 0 amide bonds. The molecule has 7 heteroatoms. The lowest BCUT2D eigenvalue weighted by Gasteiger charge is -2.07. The van der Waals surface area contributed by atoms with Crippen LogP contribution in [0.25, 0.3) is 10.8 Å². The van der Waals surface area contributed by atoms with Gasteiger partial charge >= 0.3 is 0 Å². The van der Waals surface area contributed by atoms with E-state index in [0.29, 0.717) is 10.8 Å². The van der Waals surface area contributed by atoms with Gasteiger partial charge in [0.1, 0.15) is 0 Å². The average molecular weight is 271 g/mol. The fourth-order valence-electron chi connectivity index (χ4n) is 1.47. The lowest BCUT2D eigenvalue weighted by molar-refractivity contribution is 0.483.